The van der Waals surface area contributed by atoms with Crippen LogP contribution in [0.3, 0.4) is 0 Å². The summed E-state index contributed by atoms with van der Waals surface area (Å²) in [6.07, 6.45) is 0. The van der Waals surface area contributed by atoms with Gasteiger partial charge in [0.05, 0.1) is 25.6 Å². The standard InChI is InChI=1S/C11H25NO4S/c1-10(2)7-15-5-6-16-8-11(3,4)9-17(12,13)14/h10H,5-9H2,1-4H3,(H2,12,13,14). The Hall–Kier alpha value is -0.170. The second-order valence-corrected chi connectivity index (χ2v) is 7.11. The van der Waals surface area contributed by atoms with Gasteiger partial charge in [-0.1, -0.05) is 27.7 Å². The molecule has 0 atom stereocenters. The van der Waals surface area contributed by atoms with Crippen molar-refractivity contribution in [1.29, 1.82) is 0 Å². The first kappa shape index (κ1) is 16.8. The van der Waals surface area contributed by atoms with Gasteiger partial charge < -0.3 is 9.47 Å². The van der Waals surface area contributed by atoms with Crippen LogP contribution in [0.2, 0.25) is 0 Å². The maximum Gasteiger partial charge on any atom is 0.209 e. The van der Waals surface area contributed by atoms with Crippen LogP contribution in [-0.2, 0) is 19.5 Å². The monoisotopic (exact) mass is 267 g/mol. The predicted octanol–water partition coefficient (Wildman–Crippen LogP) is 0.990. The van der Waals surface area contributed by atoms with Gasteiger partial charge in [0, 0.05) is 12.0 Å². The topological polar surface area (TPSA) is 78.6 Å². The third-order valence-corrected chi connectivity index (χ3v) is 3.09. The molecule has 5 nitrogen and oxygen atoms in total. The molecule has 0 aliphatic rings. The average molecular weight is 267 g/mol. The highest BCUT2D eigenvalue weighted by molar-refractivity contribution is 7.89. The average Bonchev–Trinajstić information content (AvgIpc) is 2.06. The molecule has 0 saturated carbocycles. The van der Waals surface area contributed by atoms with E-state index in [1.807, 2.05) is 13.8 Å². The summed E-state index contributed by atoms with van der Waals surface area (Å²) in [6, 6.07) is 0. The SMILES string of the molecule is CC(C)COCCOCC(C)(C)CS(N)(=O)=O. The Bertz CT molecular complexity index is 299. The first-order chi connectivity index (χ1) is 7.62. The van der Waals surface area contributed by atoms with Crippen molar-refractivity contribution in [2.24, 2.45) is 16.5 Å². The van der Waals surface area contributed by atoms with Gasteiger partial charge in [-0.15, -0.1) is 0 Å². The second-order valence-electron chi connectivity index (χ2n) is 5.49. The largest absolute Gasteiger partial charge is 0.379 e. The Morgan fingerprint density at radius 1 is 1.18 bits per heavy atom. The van der Waals surface area contributed by atoms with Crippen LogP contribution in [-0.4, -0.2) is 40.6 Å². The van der Waals surface area contributed by atoms with Crippen molar-refractivity contribution in [1.82, 2.24) is 0 Å². The zero-order valence-corrected chi connectivity index (χ0v) is 12.0. The van der Waals surface area contributed by atoms with Crippen LogP contribution < -0.4 is 5.14 Å². The fourth-order valence-electron chi connectivity index (χ4n) is 1.37. The minimum absolute atomic E-state index is 0.0765. The van der Waals surface area contributed by atoms with Crippen LogP contribution in [0.15, 0.2) is 0 Å². The lowest BCUT2D eigenvalue weighted by molar-refractivity contribution is 0.0137. The van der Waals surface area contributed by atoms with Crippen molar-refractivity contribution < 1.29 is 17.9 Å². The molecule has 0 rings (SSSR count). The molecule has 17 heavy (non-hydrogen) atoms. The molecule has 0 saturated heterocycles. The normalized spacial score (nSPS) is 13.3. The van der Waals surface area contributed by atoms with Gasteiger partial charge in [0.15, 0.2) is 0 Å². The molecule has 2 N–H and O–H groups in total. The molecule has 0 spiro atoms. The molecule has 0 aromatic carbocycles. The quantitative estimate of drug-likeness (QED) is 0.632. The van der Waals surface area contributed by atoms with E-state index >= 15 is 0 Å². The fourth-order valence-corrected chi connectivity index (χ4v) is 2.54. The van der Waals surface area contributed by atoms with Crippen molar-refractivity contribution in [2.45, 2.75) is 27.7 Å². The zero-order chi connectivity index (χ0) is 13.5. The van der Waals surface area contributed by atoms with Gasteiger partial charge in [-0.2, -0.15) is 0 Å². The van der Waals surface area contributed by atoms with E-state index in [-0.39, 0.29) is 5.75 Å². The van der Waals surface area contributed by atoms with Crippen LogP contribution in [0.25, 0.3) is 0 Å². The lowest BCUT2D eigenvalue weighted by Gasteiger charge is -2.22. The van der Waals surface area contributed by atoms with Crippen LogP contribution in [0.4, 0.5) is 0 Å². The molecule has 0 amide bonds. The minimum Gasteiger partial charge on any atom is -0.379 e. The van der Waals surface area contributed by atoms with Crippen LogP contribution in [0, 0.1) is 11.3 Å². The van der Waals surface area contributed by atoms with E-state index in [0.29, 0.717) is 32.3 Å². The van der Waals surface area contributed by atoms with E-state index < -0.39 is 15.4 Å². The maximum atomic E-state index is 11.0. The highest BCUT2D eigenvalue weighted by atomic mass is 32.2. The van der Waals surface area contributed by atoms with Crippen molar-refractivity contribution >= 4 is 10.0 Å². The third-order valence-electron chi connectivity index (χ3n) is 1.91. The Labute approximate surface area is 105 Å². The van der Waals surface area contributed by atoms with Crippen molar-refractivity contribution in [3.05, 3.63) is 0 Å². The Kier molecular flexibility index (Phi) is 7.23. The van der Waals surface area contributed by atoms with E-state index in [0.717, 1.165) is 0 Å². The van der Waals surface area contributed by atoms with Gasteiger partial charge in [0.1, 0.15) is 0 Å². The van der Waals surface area contributed by atoms with E-state index in [1.165, 1.54) is 0 Å². The fraction of sp³-hybridized carbons (Fsp3) is 1.00. The number of hydrogen-bond donors (Lipinski definition) is 1. The molecule has 104 valence electrons. The van der Waals surface area contributed by atoms with Gasteiger partial charge >= 0.3 is 0 Å². The summed E-state index contributed by atoms with van der Waals surface area (Å²) in [6.45, 7) is 9.85. The number of primary sulfonamides is 1. The lowest BCUT2D eigenvalue weighted by atomic mass is 9.98. The van der Waals surface area contributed by atoms with Gasteiger partial charge in [-0.05, 0) is 5.92 Å². The van der Waals surface area contributed by atoms with Crippen molar-refractivity contribution in [2.75, 3.05) is 32.2 Å². The van der Waals surface area contributed by atoms with Crippen LogP contribution in [0.1, 0.15) is 27.7 Å². The van der Waals surface area contributed by atoms with Crippen LogP contribution in [0.5, 0.6) is 0 Å². The predicted molar refractivity (Wildman–Crippen MR) is 68.2 cm³/mol. The smallest absolute Gasteiger partial charge is 0.209 e. The summed E-state index contributed by atoms with van der Waals surface area (Å²) in [5.41, 5.74) is -0.467. The summed E-state index contributed by atoms with van der Waals surface area (Å²) in [7, 11) is -3.45. The molecule has 6 heteroatoms. The Morgan fingerprint density at radius 3 is 2.18 bits per heavy atom. The molecule has 0 bridgehead atoms. The maximum absolute atomic E-state index is 11.0. The second kappa shape index (κ2) is 7.31. The Balaban J connectivity index is 3.66. The summed E-state index contributed by atoms with van der Waals surface area (Å²) in [5, 5.41) is 5.00. The Morgan fingerprint density at radius 2 is 1.71 bits per heavy atom. The number of sulfonamides is 1. The number of ether oxygens (including phenoxy) is 2. The number of nitrogens with two attached hydrogens (primary N) is 1. The lowest BCUT2D eigenvalue weighted by Crippen LogP contribution is -2.33. The zero-order valence-electron chi connectivity index (χ0n) is 11.2. The number of hydrogen-bond acceptors (Lipinski definition) is 4. The summed E-state index contributed by atoms with van der Waals surface area (Å²) in [5.74, 6) is 0.432. The van der Waals surface area contributed by atoms with Crippen molar-refractivity contribution in [3.63, 3.8) is 0 Å². The number of rotatable bonds is 9. The molecule has 0 aliphatic heterocycles. The van der Waals surface area contributed by atoms with E-state index in [1.54, 1.807) is 0 Å². The summed E-state index contributed by atoms with van der Waals surface area (Å²) >= 11 is 0. The molecule has 0 aliphatic carbocycles. The molecule has 0 heterocycles. The van der Waals surface area contributed by atoms with Crippen LogP contribution >= 0.6 is 0 Å². The van der Waals surface area contributed by atoms with Gasteiger partial charge in [0.2, 0.25) is 10.0 Å². The van der Waals surface area contributed by atoms with E-state index in [2.05, 4.69) is 13.8 Å². The molecular formula is C11H25NO4S. The van der Waals surface area contributed by atoms with Gasteiger partial charge in [0.25, 0.3) is 0 Å². The van der Waals surface area contributed by atoms with E-state index in [4.69, 9.17) is 14.6 Å². The summed E-state index contributed by atoms with van der Waals surface area (Å²) in [4.78, 5) is 0. The molecular weight excluding hydrogens is 242 g/mol. The molecule has 0 fully saturated rings. The highest BCUT2D eigenvalue weighted by Gasteiger charge is 2.24. The third kappa shape index (κ3) is 12.1. The van der Waals surface area contributed by atoms with Gasteiger partial charge in [-0.3, -0.25) is 0 Å². The molecule has 0 aromatic heterocycles. The van der Waals surface area contributed by atoms with Crippen molar-refractivity contribution in [3.8, 4) is 0 Å². The highest BCUT2D eigenvalue weighted by Crippen LogP contribution is 2.16. The molecule has 0 radical (unpaired) electrons. The molecule has 0 unspecified atom stereocenters. The molecule has 0 aromatic rings. The van der Waals surface area contributed by atoms with E-state index in [9.17, 15) is 8.42 Å². The first-order valence-corrected chi connectivity index (χ1v) is 7.50. The van der Waals surface area contributed by atoms with Gasteiger partial charge in [-0.25, -0.2) is 13.6 Å². The summed E-state index contributed by atoms with van der Waals surface area (Å²) < 4.78 is 32.6. The first-order valence-electron chi connectivity index (χ1n) is 5.78. The minimum atomic E-state index is -3.45.